The molecule has 0 unspecified atom stereocenters. The summed E-state index contributed by atoms with van der Waals surface area (Å²) in [7, 11) is 0. The molecule has 12 heavy (non-hydrogen) atoms. The number of hydrogen-bond acceptors (Lipinski definition) is 0. The summed E-state index contributed by atoms with van der Waals surface area (Å²) in [5.41, 5.74) is 3.28. The topological polar surface area (TPSA) is 15.8 Å². The van der Waals surface area contributed by atoms with Gasteiger partial charge in [-0.25, -0.2) is 0 Å². The predicted molar refractivity (Wildman–Crippen MR) is 50.7 cm³/mol. The molecule has 1 heteroatoms. The molecular formula is C11H10N. The Balaban J connectivity index is 2.45. The Labute approximate surface area is 72.1 Å². The smallest absolute Gasteiger partial charge is 0.0456 e. The molecule has 1 nitrogen and oxygen atoms in total. The first-order valence-corrected chi connectivity index (χ1v) is 3.92. The van der Waals surface area contributed by atoms with E-state index in [0.29, 0.717) is 0 Å². The summed E-state index contributed by atoms with van der Waals surface area (Å²) >= 11 is 0. The Kier molecular flexibility index (Phi) is 1.71. The summed E-state index contributed by atoms with van der Waals surface area (Å²) in [6.45, 7) is 3.81. The van der Waals surface area contributed by atoms with Gasteiger partial charge < -0.3 is 4.98 Å². The quantitative estimate of drug-likeness (QED) is 0.653. The predicted octanol–water partition coefficient (Wildman–Crippen LogP) is 2.86. The molecule has 0 aliphatic carbocycles. The van der Waals surface area contributed by atoms with E-state index < -0.39 is 0 Å². The van der Waals surface area contributed by atoms with E-state index in [2.05, 4.69) is 24.0 Å². The largest absolute Gasteiger partial charge is 0.358 e. The van der Waals surface area contributed by atoms with Crippen LogP contribution in [0.3, 0.4) is 0 Å². The van der Waals surface area contributed by atoms with E-state index in [4.69, 9.17) is 0 Å². The maximum Gasteiger partial charge on any atom is 0.0456 e. The highest BCUT2D eigenvalue weighted by molar-refractivity contribution is 5.59. The third-order valence-electron chi connectivity index (χ3n) is 1.83. The van der Waals surface area contributed by atoms with Crippen molar-refractivity contribution in [3.05, 3.63) is 55.1 Å². The number of aromatic amines is 1. The van der Waals surface area contributed by atoms with Crippen LogP contribution in [0, 0.1) is 6.92 Å². The first kappa shape index (κ1) is 7.17. The molecule has 2 aromatic rings. The Morgan fingerprint density at radius 2 is 1.67 bits per heavy atom. The summed E-state index contributed by atoms with van der Waals surface area (Å²) in [6, 6.07) is 14.2. The van der Waals surface area contributed by atoms with Crippen molar-refractivity contribution in [1.82, 2.24) is 4.98 Å². The Hall–Kier alpha value is -1.50. The van der Waals surface area contributed by atoms with Gasteiger partial charge in [-0.15, -0.1) is 0 Å². The highest BCUT2D eigenvalue weighted by Crippen LogP contribution is 2.16. The molecule has 0 amide bonds. The lowest BCUT2D eigenvalue weighted by molar-refractivity contribution is 1.34. The van der Waals surface area contributed by atoms with E-state index in [0.717, 1.165) is 11.4 Å². The molecule has 1 heterocycles. The van der Waals surface area contributed by atoms with Crippen LogP contribution in [0.25, 0.3) is 11.3 Å². The van der Waals surface area contributed by atoms with Crippen LogP contribution in [0.15, 0.2) is 42.5 Å². The standard InChI is InChI=1S/C11H10N/c1-9-7-8-11(12-9)10-5-3-2-4-6-10/h2-8,12H,1H2. The van der Waals surface area contributed by atoms with E-state index in [1.165, 1.54) is 5.56 Å². The van der Waals surface area contributed by atoms with Crippen LogP contribution >= 0.6 is 0 Å². The van der Waals surface area contributed by atoms with Crippen molar-refractivity contribution in [2.45, 2.75) is 0 Å². The molecule has 1 N–H and O–H groups in total. The Morgan fingerprint density at radius 1 is 0.917 bits per heavy atom. The minimum atomic E-state index is 0.953. The third-order valence-corrected chi connectivity index (χ3v) is 1.83. The van der Waals surface area contributed by atoms with E-state index in [-0.39, 0.29) is 0 Å². The number of benzene rings is 1. The van der Waals surface area contributed by atoms with Gasteiger partial charge in [0.05, 0.1) is 0 Å². The van der Waals surface area contributed by atoms with Crippen molar-refractivity contribution in [3.8, 4) is 11.3 Å². The van der Waals surface area contributed by atoms with Crippen molar-refractivity contribution >= 4 is 0 Å². The van der Waals surface area contributed by atoms with E-state index in [1.807, 2.05) is 30.3 Å². The van der Waals surface area contributed by atoms with Gasteiger partial charge in [0.25, 0.3) is 0 Å². The number of H-pyrrole nitrogens is 1. The normalized spacial score (nSPS) is 10.1. The fourth-order valence-electron chi connectivity index (χ4n) is 1.23. The van der Waals surface area contributed by atoms with E-state index in [9.17, 15) is 0 Å². The molecule has 59 valence electrons. The monoisotopic (exact) mass is 156 g/mol. The van der Waals surface area contributed by atoms with Gasteiger partial charge in [0.2, 0.25) is 0 Å². The fourth-order valence-corrected chi connectivity index (χ4v) is 1.23. The zero-order valence-electron chi connectivity index (χ0n) is 6.75. The van der Waals surface area contributed by atoms with Gasteiger partial charge >= 0.3 is 0 Å². The van der Waals surface area contributed by atoms with E-state index >= 15 is 0 Å². The number of nitrogens with one attached hydrogen (secondary N) is 1. The van der Waals surface area contributed by atoms with Crippen LogP contribution in [0.4, 0.5) is 0 Å². The third kappa shape index (κ3) is 1.26. The van der Waals surface area contributed by atoms with Crippen molar-refractivity contribution in [3.63, 3.8) is 0 Å². The van der Waals surface area contributed by atoms with Crippen LogP contribution < -0.4 is 0 Å². The zero-order chi connectivity index (χ0) is 8.39. The minimum absolute atomic E-state index is 0.953. The second-order valence-corrected chi connectivity index (χ2v) is 2.76. The second-order valence-electron chi connectivity index (χ2n) is 2.76. The molecule has 0 fully saturated rings. The van der Waals surface area contributed by atoms with Gasteiger partial charge in [-0.1, -0.05) is 30.3 Å². The lowest BCUT2D eigenvalue weighted by Crippen LogP contribution is -1.75. The molecule has 0 spiro atoms. The molecule has 0 saturated heterocycles. The van der Waals surface area contributed by atoms with Crippen molar-refractivity contribution < 1.29 is 0 Å². The number of hydrogen-bond donors (Lipinski definition) is 1. The average Bonchev–Trinajstić information content (AvgIpc) is 2.54. The molecule has 0 aliphatic rings. The average molecular weight is 156 g/mol. The molecule has 1 radical (unpaired) electrons. The van der Waals surface area contributed by atoms with Crippen LogP contribution in [0.5, 0.6) is 0 Å². The summed E-state index contributed by atoms with van der Waals surface area (Å²) in [4.78, 5) is 3.18. The Morgan fingerprint density at radius 3 is 2.25 bits per heavy atom. The number of aromatic nitrogens is 1. The molecular weight excluding hydrogens is 146 g/mol. The highest BCUT2D eigenvalue weighted by atomic mass is 14.7. The van der Waals surface area contributed by atoms with Crippen molar-refractivity contribution in [2.24, 2.45) is 0 Å². The summed E-state index contributed by atoms with van der Waals surface area (Å²) in [5, 5.41) is 0. The lowest BCUT2D eigenvalue weighted by Gasteiger charge is -1.95. The van der Waals surface area contributed by atoms with Gasteiger partial charge in [0, 0.05) is 11.4 Å². The molecule has 0 saturated carbocycles. The maximum absolute atomic E-state index is 3.81. The maximum atomic E-state index is 3.81. The minimum Gasteiger partial charge on any atom is -0.358 e. The van der Waals surface area contributed by atoms with Crippen LogP contribution in [-0.2, 0) is 0 Å². The van der Waals surface area contributed by atoms with Gasteiger partial charge in [-0.2, -0.15) is 0 Å². The number of rotatable bonds is 1. The second kappa shape index (κ2) is 2.86. The van der Waals surface area contributed by atoms with E-state index in [1.54, 1.807) is 0 Å². The Bertz CT molecular complexity index is 360. The van der Waals surface area contributed by atoms with Gasteiger partial charge in [-0.05, 0) is 24.6 Å². The van der Waals surface area contributed by atoms with Crippen molar-refractivity contribution in [1.29, 1.82) is 0 Å². The molecule has 0 aliphatic heterocycles. The van der Waals surface area contributed by atoms with Crippen LogP contribution in [-0.4, -0.2) is 4.98 Å². The first-order valence-electron chi connectivity index (χ1n) is 3.92. The zero-order valence-corrected chi connectivity index (χ0v) is 6.75. The summed E-state index contributed by atoms with van der Waals surface area (Å²) < 4.78 is 0. The molecule has 0 atom stereocenters. The summed E-state index contributed by atoms with van der Waals surface area (Å²) in [6.07, 6.45) is 0. The molecule has 2 rings (SSSR count). The van der Waals surface area contributed by atoms with Gasteiger partial charge in [0.15, 0.2) is 0 Å². The first-order chi connectivity index (χ1) is 5.86. The van der Waals surface area contributed by atoms with Gasteiger partial charge in [-0.3, -0.25) is 0 Å². The van der Waals surface area contributed by atoms with Crippen molar-refractivity contribution in [2.75, 3.05) is 0 Å². The van der Waals surface area contributed by atoms with Crippen LogP contribution in [0.1, 0.15) is 5.69 Å². The lowest BCUT2D eigenvalue weighted by atomic mass is 10.2. The van der Waals surface area contributed by atoms with Gasteiger partial charge in [0.1, 0.15) is 0 Å². The molecule has 0 bridgehead atoms. The van der Waals surface area contributed by atoms with Crippen LogP contribution in [0.2, 0.25) is 0 Å². The molecule has 1 aromatic heterocycles. The summed E-state index contributed by atoms with van der Waals surface area (Å²) in [5.74, 6) is 0. The SMILES string of the molecule is [CH2]c1ccc(-c2ccccc2)[nH]1. The fraction of sp³-hybridized carbons (Fsp3) is 0. The highest BCUT2D eigenvalue weighted by Gasteiger charge is 1.96. The molecule has 1 aromatic carbocycles.